The van der Waals surface area contributed by atoms with Gasteiger partial charge in [-0.2, -0.15) is 0 Å². The fourth-order valence-electron chi connectivity index (χ4n) is 3.58. The van der Waals surface area contributed by atoms with Gasteiger partial charge in [0.25, 0.3) is 0 Å². The van der Waals surface area contributed by atoms with Gasteiger partial charge in [0, 0.05) is 36.8 Å². The summed E-state index contributed by atoms with van der Waals surface area (Å²) in [4.78, 5) is 26.4. The summed E-state index contributed by atoms with van der Waals surface area (Å²) in [5.74, 6) is 0.0258. The van der Waals surface area contributed by atoms with Crippen LogP contribution in [0, 0.1) is 0 Å². The van der Waals surface area contributed by atoms with Crippen LogP contribution in [0.3, 0.4) is 0 Å². The molecular formula is C19H23NO4. The summed E-state index contributed by atoms with van der Waals surface area (Å²) in [5, 5.41) is 0.771. The molecule has 5 heteroatoms. The van der Waals surface area contributed by atoms with Crippen molar-refractivity contribution in [3.8, 4) is 0 Å². The number of fused-ring (bicyclic) bond motifs is 2. The van der Waals surface area contributed by atoms with Crippen LogP contribution in [0.15, 0.2) is 27.4 Å². The molecule has 0 aliphatic carbocycles. The van der Waals surface area contributed by atoms with Crippen molar-refractivity contribution in [3.05, 3.63) is 39.7 Å². The molecule has 0 N–H and O–H groups in total. The molecule has 1 atom stereocenters. The molecular weight excluding hydrogens is 306 g/mol. The van der Waals surface area contributed by atoms with E-state index in [1.807, 2.05) is 12.1 Å². The summed E-state index contributed by atoms with van der Waals surface area (Å²) in [7, 11) is 3.49. The summed E-state index contributed by atoms with van der Waals surface area (Å²) >= 11 is 0. The van der Waals surface area contributed by atoms with Crippen LogP contribution in [0.25, 0.3) is 11.0 Å². The lowest BCUT2D eigenvalue weighted by Gasteiger charge is -2.45. The van der Waals surface area contributed by atoms with Gasteiger partial charge in [-0.25, -0.2) is 4.79 Å². The van der Waals surface area contributed by atoms with Crippen molar-refractivity contribution in [1.82, 2.24) is 0 Å². The van der Waals surface area contributed by atoms with Gasteiger partial charge >= 0.3 is 5.63 Å². The van der Waals surface area contributed by atoms with Gasteiger partial charge in [0.2, 0.25) is 0 Å². The number of methoxy groups -OCH3 is 1. The normalized spacial score (nSPS) is 19.4. The van der Waals surface area contributed by atoms with Crippen molar-refractivity contribution in [2.45, 2.75) is 38.6 Å². The second-order valence-electron chi connectivity index (χ2n) is 7.23. The highest BCUT2D eigenvalue weighted by Crippen LogP contribution is 2.43. The lowest BCUT2D eigenvalue weighted by atomic mass is 9.80. The Balaban J connectivity index is 2.20. The molecule has 1 aromatic heterocycles. The highest BCUT2D eigenvalue weighted by molar-refractivity contribution is 5.99. The minimum absolute atomic E-state index is 0.0365. The van der Waals surface area contributed by atoms with Gasteiger partial charge in [-0.05, 0) is 43.9 Å². The van der Waals surface area contributed by atoms with E-state index in [4.69, 9.17) is 9.15 Å². The lowest BCUT2D eigenvalue weighted by molar-refractivity contribution is 0.0844. The van der Waals surface area contributed by atoms with Gasteiger partial charge in [-0.15, -0.1) is 0 Å². The Morgan fingerprint density at radius 1 is 1.38 bits per heavy atom. The van der Waals surface area contributed by atoms with Crippen molar-refractivity contribution < 1.29 is 13.9 Å². The maximum Gasteiger partial charge on any atom is 0.347 e. The fourth-order valence-corrected chi connectivity index (χ4v) is 3.58. The van der Waals surface area contributed by atoms with Crippen LogP contribution in [0.1, 0.15) is 49.0 Å². The molecule has 0 saturated carbocycles. The molecule has 0 saturated heterocycles. The third-order valence-electron chi connectivity index (χ3n) is 5.06. The molecule has 3 rings (SSSR count). The Bertz CT molecular complexity index is 866. The molecule has 0 amide bonds. The van der Waals surface area contributed by atoms with E-state index in [2.05, 4.69) is 32.7 Å². The number of ketones is 1. The Morgan fingerprint density at radius 3 is 2.75 bits per heavy atom. The predicted molar refractivity (Wildman–Crippen MR) is 94.2 cm³/mol. The smallest absolute Gasteiger partial charge is 0.347 e. The monoisotopic (exact) mass is 329 g/mol. The van der Waals surface area contributed by atoms with Crippen LogP contribution in [0.5, 0.6) is 0 Å². The van der Waals surface area contributed by atoms with Crippen LogP contribution in [0.4, 0.5) is 5.69 Å². The molecule has 1 aromatic carbocycles. The molecule has 5 nitrogen and oxygen atoms in total. The van der Waals surface area contributed by atoms with Crippen LogP contribution >= 0.6 is 0 Å². The highest BCUT2D eigenvalue weighted by atomic mass is 16.5. The number of anilines is 1. The summed E-state index contributed by atoms with van der Waals surface area (Å²) < 4.78 is 10.3. The summed E-state index contributed by atoms with van der Waals surface area (Å²) in [6.07, 6.45) is 1.04. The van der Waals surface area contributed by atoms with Gasteiger partial charge < -0.3 is 14.1 Å². The molecule has 1 aliphatic heterocycles. The lowest BCUT2D eigenvalue weighted by Crippen LogP contribution is -2.45. The number of ether oxygens (including phenoxy) is 1. The van der Waals surface area contributed by atoms with Gasteiger partial charge in [0.05, 0.1) is 0 Å². The first-order valence-corrected chi connectivity index (χ1v) is 8.12. The SMILES string of the molecule is COCC(=O)c1cc2cc3c(cc2oc1=O)N(C)C(C)(C)C[C@@H]3C. The van der Waals surface area contributed by atoms with Crippen LogP contribution in [-0.2, 0) is 4.74 Å². The molecule has 1 aliphatic rings. The zero-order chi connectivity index (χ0) is 17.6. The Kier molecular flexibility index (Phi) is 4.00. The zero-order valence-electron chi connectivity index (χ0n) is 14.8. The third-order valence-corrected chi connectivity index (χ3v) is 5.06. The van der Waals surface area contributed by atoms with Crippen molar-refractivity contribution in [2.24, 2.45) is 0 Å². The maximum atomic E-state index is 12.1. The maximum absolute atomic E-state index is 12.1. The molecule has 0 unspecified atom stereocenters. The van der Waals surface area contributed by atoms with Crippen LogP contribution < -0.4 is 10.5 Å². The molecule has 2 aromatic rings. The van der Waals surface area contributed by atoms with E-state index in [1.165, 1.54) is 12.7 Å². The largest absolute Gasteiger partial charge is 0.422 e. The molecule has 2 heterocycles. The van der Waals surface area contributed by atoms with E-state index < -0.39 is 5.63 Å². The van der Waals surface area contributed by atoms with Gasteiger partial charge in [-0.3, -0.25) is 4.79 Å². The zero-order valence-corrected chi connectivity index (χ0v) is 14.8. The number of hydrogen-bond donors (Lipinski definition) is 0. The van der Waals surface area contributed by atoms with E-state index in [1.54, 1.807) is 6.07 Å². The van der Waals surface area contributed by atoms with Crippen molar-refractivity contribution >= 4 is 22.4 Å². The predicted octanol–water partition coefficient (Wildman–Crippen LogP) is 3.34. The van der Waals surface area contributed by atoms with E-state index in [0.29, 0.717) is 11.5 Å². The average Bonchev–Trinajstić information content (AvgIpc) is 2.50. The molecule has 128 valence electrons. The molecule has 0 spiro atoms. The Hall–Kier alpha value is -2.14. The van der Waals surface area contributed by atoms with Crippen molar-refractivity contribution in [2.75, 3.05) is 25.7 Å². The number of hydrogen-bond acceptors (Lipinski definition) is 5. The summed E-state index contributed by atoms with van der Waals surface area (Å²) in [6.45, 7) is 6.49. The number of nitrogens with zero attached hydrogens (tertiary/aromatic N) is 1. The molecule has 0 fully saturated rings. The van der Waals surface area contributed by atoms with Crippen molar-refractivity contribution in [3.63, 3.8) is 0 Å². The number of Topliss-reactive ketones (excluding diaryl/α,β-unsaturated/α-hetero) is 1. The first-order chi connectivity index (χ1) is 11.2. The third kappa shape index (κ3) is 2.63. The van der Waals surface area contributed by atoms with E-state index in [-0.39, 0.29) is 23.5 Å². The first kappa shape index (κ1) is 16.7. The minimum Gasteiger partial charge on any atom is -0.422 e. The Morgan fingerprint density at radius 2 is 2.08 bits per heavy atom. The quantitative estimate of drug-likeness (QED) is 0.638. The molecule has 24 heavy (non-hydrogen) atoms. The Labute approximate surface area is 141 Å². The minimum atomic E-state index is -0.615. The summed E-state index contributed by atoms with van der Waals surface area (Å²) in [5.41, 5.74) is 2.25. The second-order valence-corrected chi connectivity index (χ2v) is 7.23. The molecule has 0 radical (unpaired) electrons. The fraction of sp³-hybridized carbons (Fsp3) is 0.474. The second kappa shape index (κ2) is 5.74. The van der Waals surface area contributed by atoms with Gasteiger partial charge in [-0.1, -0.05) is 6.92 Å². The van der Waals surface area contributed by atoms with Crippen LogP contribution in [0.2, 0.25) is 0 Å². The van der Waals surface area contributed by atoms with Gasteiger partial charge in [0.1, 0.15) is 17.8 Å². The number of benzene rings is 1. The topological polar surface area (TPSA) is 59.8 Å². The van der Waals surface area contributed by atoms with Gasteiger partial charge in [0.15, 0.2) is 5.78 Å². The standard InChI is InChI=1S/C19H23NO4/c1-11-9-19(2,3)20(4)15-8-17-12(6-13(11)15)7-14(18(22)24-17)16(21)10-23-5/h6-8,11H,9-10H2,1-5H3/t11-/m0/s1. The average molecular weight is 329 g/mol. The highest BCUT2D eigenvalue weighted by Gasteiger charge is 2.34. The van der Waals surface area contributed by atoms with Crippen LogP contribution in [-0.4, -0.2) is 32.1 Å². The van der Waals surface area contributed by atoms with E-state index in [0.717, 1.165) is 17.5 Å². The van der Waals surface area contributed by atoms with E-state index in [9.17, 15) is 9.59 Å². The number of carbonyl (C=O) groups excluding carboxylic acids is 1. The molecule has 0 bridgehead atoms. The van der Waals surface area contributed by atoms with E-state index >= 15 is 0 Å². The summed E-state index contributed by atoms with van der Waals surface area (Å²) in [6, 6.07) is 5.57. The number of rotatable bonds is 3. The number of carbonyl (C=O) groups is 1. The van der Waals surface area contributed by atoms with Crippen molar-refractivity contribution in [1.29, 1.82) is 0 Å². The first-order valence-electron chi connectivity index (χ1n) is 8.12.